The summed E-state index contributed by atoms with van der Waals surface area (Å²) in [4.78, 5) is 7.04. The Bertz CT molecular complexity index is 414. The number of piperidine rings is 1. The molecule has 1 aliphatic heterocycles. The second kappa shape index (κ2) is 5.71. The third kappa shape index (κ3) is 3.71. The maximum Gasteiger partial charge on any atom is 0.183 e. The van der Waals surface area contributed by atoms with Gasteiger partial charge in [0.15, 0.2) is 4.47 Å². The predicted octanol–water partition coefficient (Wildman–Crippen LogP) is 4.63. The third-order valence-electron chi connectivity index (χ3n) is 4.60. The lowest BCUT2D eigenvalue weighted by atomic mass is 9.72. The number of likely N-dealkylation sites (tertiary alicyclic amines) is 1. The molecule has 0 N–H and O–H groups in total. The average Bonchev–Trinajstić information content (AvgIpc) is 2.74. The first-order valence-corrected chi connectivity index (χ1v) is 8.45. The van der Waals surface area contributed by atoms with Crippen molar-refractivity contribution in [2.75, 3.05) is 13.1 Å². The van der Waals surface area contributed by atoms with Crippen molar-refractivity contribution in [3.63, 3.8) is 0 Å². The molecule has 0 bridgehead atoms. The van der Waals surface area contributed by atoms with E-state index in [0.717, 1.165) is 6.42 Å². The quantitative estimate of drug-likeness (QED) is 0.809. The molecule has 1 fully saturated rings. The molecule has 0 spiro atoms. The summed E-state index contributed by atoms with van der Waals surface area (Å²) in [5, 5.41) is 2.12. The molecule has 0 aliphatic carbocycles. The Morgan fingerprint density at radius 3 is 2.42 bits per heavy atom. The van der Waals surface area contributed by atoms with Gasteiger partial charge in [-0.25, -0.2) is 4.98 Å². The number of halogens is 1. The second-order valence-electron chi connectivity index (χ2n) is 6.78. The van der Waals surface area contributed by atoms with E-state index < -0.39 is 0 Å². The molecule has 1 aliphatic rings. The van der Waals surface area contributed by atoms with Crippen molar-refractivity contribution >= 4 is 22.9 Å². The molecule has 0 atom stereocenters. The van der Waals surface area contributed by atoms with Crippen LogP contribution in [0.2, 0.25) is 4.47 Å². The minimum Gasteiger partial charge on any atom is -0.298 e. The van der Waals surface area contributed by atoms with Gasteiger partial charge < -0.3 is 0 Å². The van der Waals surface area contributed by atoms with E-state index in [2.05, 4.69) is 43.0 Å². The molecule has 4 heteroatoms. The number of aromatic nitrogens is 1. The Labute approximate surface area is 126 Å². The van der Waals surface area contributed by atoms with Crippen LogP contribution < -0.4 is 0 Å². The van der Waals surface area contributed by atoms with Gasteiger partial charge in [0, 0.05) is 10.9 Å². The van der Waals surface area contributed by atoms with E-state index in [0.29, 0.717) is 15.4 Å². The van der Waals surface area contributed by atoms with Gasteiger partial charge in [-0.15, -0.1) is 11.3 Å². The molecular weight excluding hydrogens is 276 g/mol. The lowest BCUT2D eigenvalue weighted by molar-refractivity contribution is 0.0398. The van der Waals surface area contributed by atoms with Crippen molar-refractivity contribution in [2.24, 2.45) is 5.41 Å². The highest BCUT2D eigenvalue weighted by molar-refractivity contribution is 7.13. The third-order valence-corrected chi connectivity index (χ3v) is 5.63. The predicted molar refractivity (Wildman–Crippen MR) is 84.1 cm³/mol. The van der Waals surface area contributed by atoms with E-state index in [1.54, 1.807) is 11.3 Å². The maximum atomic E-state index is 5.95. The van der Waals surface area contributed by atoms with E-state index in [9.17, 15) is 0 Å². The van der Waals surface area contributed by atoms with Crippen molar-refractivity contribution < 1.29 is 0 Å². The Balaban J connectivity index is 2.02. The lowest BCUT2D eigenvalue weighted by Crippen LogP contribution is -2.49. The molecule has 19 heavy (non-hydrogen) atoms. The summed E-state index contributed by atoms with van der Waals surface area (Å²) in [6.45, 7) is 11.7. The van der Waals surface area contributed by atoms with Gasteiger partial charge >= 0.3 is 0 Å². The van der Waals surface area contributed by atoms with Gasteiger partial charge in [0.2, 0.25) is 0 Å². The van der Waals surface area contributed by atoms with Crippen molar-refractivity contribution in [2.45, 2.75) is 58.9 Å². The standard InChI is InChI=1S/C15H25ClN2S/c1-5-15(10-12-11-19-13(16)17-12)6-8-18(9-7-15)14(2,3)4/h11H,5-10H2,1-4H3. The number of thiazole rings is 1. The average molecular weight is 301 g/mol. The lowest BCUT2D eigenvalue weighted by Gasteiger charge is -2.46. The molecule has 0 radical (unpaired) electrons. The first kappa shape index (κ1) is 15.3. The molecule has 108 valence electrons. The second-order valence-corrected chi connectivity index (χ2v) is 8.22. The van der Waals surface area contributed by atoms with Crippen LogP contribution in [0.25, 0.3) is 0 Å². The largest absolute Gasteiger partial charge is 0.298 e. The SMILES string of the molecule is CCC1(Cc2csc(Cl)n2)CCN(C(C)(C)C)CC1. The van der Waals surface area contributed by atoms with Crippen LogP contribution in [0.5, 0.6) is 0 Å². The summed E-state index contributed by atoms with van der Waals surface area (Å²) in [7, 11) is 0. The van der Waals surface area contributed by atoms with Crippen molar-refractivity contribution in [1.29, 1.82) is 0 Å². The smallest absolute Gasteiger partial charge is 0.183 e. The van der Waals surface area contributed by atoms with Gasteiger partial charge in [0.25, 0.3) is 0 Å². The number of nitrogens with zero attached hydrogens (tertiary/aromatic N) is 2. The highest BCUT2D eigenvalue weighted by Gasteiger charge is 2.36. The van der Waals surface area contributed by atoms with E-state index in [1.165, 1.54) is 38.0 Å². The van der Waals surface area contributed by atoms with Crippen molar-refractivity contribution in [3.05, 3.63) is 15.5 Å². The van der Waals surface area contributed by atoms with Crippen LogP contribution in [0.15, 0.2) is 5.38 Å². The molecule has 0 saturated carbocycles. The number of hydrogen-bond acceptors (Lipinski definition) is 3. The fourth-order valence-corrected chi connectivity index (χ4v) is 3.84. The first-order chi connectivity index (χ1) is 8.85. The highest BCUT2D eigenvalue weighted by atomic mass is 35.5. The normalized spacial score (nSPS) is 20.7. The maximum absolute atomic E-state index is 5.95. The van der Waals surface area contributed by atoms with E-state index in [1.807, 2.05) is 0 Å². The molecule has 0 aromatic carbocycles. The summed E-state index contributed by atoms with van der Waals surface area (Å²) < 4.78 is 0.674. The van der Waals surface area contributed by atoms with E-state index >= 15 is 0 Å². The fraction of sp³-hybridized carbons (Fsp3) is 0.800. The Hall–Kier alpha value is -0.120. The fourth-order valence-electron chi connectivity index (χ4n) is 3.05. The molecule has 0 amide bonds. The monoisotopic (exact) mass is 300 g/mol. The Kier molecular flexibility index (Phi) is 4.59. The summed E-state index contributed by atoms with van der Waals surface area (Å²) in [6.07, 6.45) is 4.87. The molecule has 1 aromatic rings. The van der Waals surface area contributed by atoms with Gasteiger partial charge in [-0.2, -0.15) is 0 Å². The Morgan fingerprint density at radius 1 is 1.37 bits per heavy atom. The molecule has 0 unspecified atom stereocenters. The van der Waals surface area contributed by atoms with Gasteiger partial charge in [-0.1, -0.05) is 18.5 Å². The first-order valence-electron chi connectivity index (χ1n) is 7.20. The van der Waals surface area contributed by atoms with Crippen LogP contribution >= 0.6 is 22.9 Å². The van der Waals surface area contributed by atoms with Crippen LogP contribution in [-0.2, 0) is 6.42 Å². The summed E-state index contributed by atoms with van der Waals surface area (Å²) >= 11 is 7.50. The van der Waals surface area contributed by atoms with Crippen molar-refractivity contribution in [3.8, 4) is 0 Å². The molecule has 2 nitrogen and oxygen atoms in total. The highest BCUT2D eigenvalue weighted by Crippen LogP contribution is 2.40. The van der Waals surface area contributed by atoms with E-state index in [4.69, 9.17) is 11.6 Å². The van der Waals surface area contributed by atoms with Crippen LogP contribution in [0.4, 0.5) is 0 Å². The zero-order valence-corrected chi connectivity index (χ0v) is 14.1. The van der Waals surface area contributed by atoms with Crippen LogP contribution in [-0.4, -0.2) is 28.5 Å². The Morgan fingerprint density at radius 2 is 2.00 bits per heavy atom. The minimum atomic E-state index is 0.295. The number of hydrogen-bond donors (Lipinski definition) is 0. The topological polar surface area (TPSA) is 16.1 Å². The van der Waals surface area contributed by atoms with Crippen molar-refractivity contribution in [1.82, 2.24) is 9.88 Å². The summed E-state index contributed by atoms with van der Waals surface area (Å²) in [5.41, 5.74) is 1.91. The molecular formula is C15H25ClN2S. The molecule has 2 rings (SSSR count). The van der Waals surface area contributed by atoms with Crippen LogP contribution in [0.1, 0.15) is 52.7 Å². The summed E-state index contributed by atoms with van der Waals surface area (Å²) in [6, 6.07) is 0. The minimum absolute atomic E-state index is 0.295. The van der Waals surface area contributed by atoms with Crippen LogP contribution in [0, 0.1) is 5.41 Å². The molecule has 1 aromatic heterocycles. The summed E-state index contributed by atoms with van der Waals surface area (Å²) in [5.74, 6) is 0. The van der Waals surface area contributed by atoms with Gasteiger partial charge in [0.05, 0.1) is 5.69 Å². The van der Waals surface area contributed by atoms with Crippen LogP contribution in [0.3, 0.4) is 0 Å². The van der Waals surface area contributed by atoms with Gasteiger partial charge in [-0.3, -0.25) is 4.90 Å². The number of rotatable bonds is 3. The molecule has 2 heterocycles. The zero-order chi connectivity index (χ0) is 14.1. The van der Waals surface area contributed by atoms with Gasteiger partial charge in [0.1, 0.15) is 0 Å². The molecule has 1 saturated heterocycles. The van der Waals surface area contributed by atoms with Gasteiger partial charge in [-0.05, 0) is 65.0 Å². The zero-order valence-electron chi connectivity index (χ0n) is 12.5. The van der Waals surface area contributed by atoms with E-state index in [-0.39, 0.29) is 0 Å².